The molecule has 1 amide bonds. The van der Waals surface area contributed by atoms with Crippen molar-refractivity contribution in [1.82, 2.24) is 4.90 Å². The zero-order valence-corrected chi connectivity index (χ0v) is 19.2. The third-order valence-corrected chi connectivity index (χ3v) is 7.35. The first-order valence-corrected chi connectivity index (χ1v) is 11.2. The molecule has 188 valence electrons. The number of likely N-dealkylation sites (N-methyl/N-ethyl adjacent to an activating group) is 1. The fraction of sp³-hybridized carbons (Fsp3) is 0.458. The lowest BCUT2D eigenvalue weighted by Crippen LogP contribution is -2.63. The van der Waals surface area contributed by atoms with E-state index in [4.69, 9.17) is 10.8 Å². The Kier molecular flexibility index (Phi) is 5.98. The summed E-state index contributed by atoms with van der Waals surface area (Å²) < 4.78 is 15.0. The number of halogens is 1. The molecular weight excluding hydrogens is 463 g/mol. The van der Waals surface area contributed by atoms with Crippen LogP contribution in [0.15, 0.2) is 28.7 Å². The molecule has 3 aliphatic carbocycles. The quantitative estimate of drug-likeness (QED) is 0.314. The number of hydrogen-bond acceptors (Lipinski definition) is 9. The molecular formula is C24H27FN2O8. The minimum atomic E-state index is -2.74. The van der Waals surface area contributed by atoms with Gasteiger partial charge in [0.1, 0.15) is 28.7 Å². The molecule has 0 bridgehead atoms. The number of nitrogens with two attached hydrogens (primary N) is 1. The molecule has 0 saturated heterocycles. The number of Topliss-reactive ketones (excluding diaryl/α,β-unsaturated/α-hetero) is 2. The van der Waals surface area contributed by atoms with Gasteiger partial charge in [-0.15, -0.1) is 0 Å². The highest BCUT2D eigenvalue weighted by molar-refractivity contribution is 6.24. The molecule has 35 heavy (non-hydrogen) atoms. The van der Waals surface area contributed by atoms with Crippen LogP contribution in [0.25, 0.3) is 0 Å². The van der Waals surface area contributed by atoms with E-state index in [9.17, 15) is 34.8 Å². The second-order valence-corrected chi connectivity index (χ2v) is 9.51. The van der Waals surface area contributed by atoms with Crippen LogP contribution in [0.5, 0.6) is 5.75 Å². The van der Waals surface area contributed by atoms with Crippen LogP contribution in [0.1, 0.15) is 34.3 Å². The van der Waals surface area contributed by atoms with E-state index >= 15 is 4.39 Å². The van der Waals surface area contributed by atoms with Crippen LogP contribution < -0.4 is 5.73 Å². The molecule has 10 nitrogen and oxygen atoms in total. The fourth-order valence-electron chi connectivity index (χ4n) is 5.79. The number of aliphatic hydroxyl groups excluding tert-OH is 3. The summed E-state index contributed by atoms with van der Waals surface area (Å²) >= 11 is 0. The molecule has 0 aromatic heterocycles. The van der Waals surface area contributed by atoms with Gasteiger partial charge in [0.2, 0.25) is 5.78 Å². The second-order valence-electron chi connectivity index (χ2n) is 9.51. The van der Waals surface area contributed by atoms with Gasteiger partial charge in [-0.1, -0.05) is 0 Å². The molecule has 0 unspecified atom stereocenters. The first-order valence-electron chi connectivity index (χ1n) is 11.2. The van der Waals surface area contributed by atoms with Gasteiger partial charge in [0.15, 0.2) is 11.4 Å². The van der Waals surface area contributed by atoms with Crippen molar-refractivity contribution in [3.8, 4) is 5.75 Å². The summed E-state index contributed by atoms with van der Waals surface area (Å²) in [6.07, 6.45) is 0.0753. The fourth-order valence-corrected chi connectivity index (χ4v) is 5.79. The van der Waals surface area contributed by atoms with Crippen LogP contribution >= 0.6 is 0 Å². The SMILES string of the molecule is CN(C)[C@@H]1C(O)=C(C(N)=O)C(=O)[C@@]2(O)C(O)=C3C(=O)c4c(O)c(CCCO)cc(F)c4C[C@H]3C[C@@H]12. The van der Waals surface area contributed by atoms with Gasteiger partial charge in [0, 0.05) is 23.7 Å². The molecule has 0 fully saturated rings. The lowest BCUT2D eigenvalue weighted by Gasteiger charge is -2.50. The summed E-state index contributed by atoms with van der Waals surface area (Å²) in [7, 11) is 3.05. The highest BCUT2D eigenvalue weighted by Crippen LogP contribution is 2.52. The van der Waals surface area contributed by atoms with Crippen LogP contribution in [0.4, 0.5) is 4.39 Å². The number of benzene rings is 1. The number of hydrogen-bond donors (Lipinski definition) is 6. The number of ketones is 2. The maximum Gasteiger partial charge on any atom is 0.255 e. The number of rotatable bonds is 5. The van der Waals surface area contributed by atoms with Crippen LogP contribution in [0.3, 0.4) is 0 Å². The predicted octanol–water partition coefficient (Wildman–Crippen LogP) is 0.185. The lowest BCUT2D eigenvalue weighted by atomic mass is 9.58. The summed E-state index contributed by atoms with van der Waals surface area (Å²) in [4.78, 5) is 40.1. The number of carbonyl (C=O) groups excluding carboxylic acids is 3. The van der Waals surface area contributed by atoms with Crippen molar-refractivity contribution in [2.24, 2.45) is 17.6 Å². The molecule has 1 aromatic rings. The first kappa shape index (κ1) is 24.8. The third-order valence-electron chi connectivity index (χ3n) is 7.35. The van der Waals surface area contributed by atoms with E-state index in [0.717, 1.165) is 6.07 Å². The molecule has 0 radical (unpaired) electrons. The minimum Gasteiger partial charge on any atom is -0.510 e. The molecule has 0 saturated carbocycles. The Morgan fingerprint density at radius 2 is 1.91 bits per heavy atom. The van der Waals surface area contributed by atoms with Crippen LogP contribution in [0.2, 0.25) is 0 Å². The van der Waals surface area contributed by atoms with Crippen LogP contribution in [-0.4, -0.2) is 80.3 Å². The monoisotopic (exact) mass is 490 g/mol. The van der Waals surface area contributed by atoms with E-state index < -0.39 is 69.6 Å². The standard InChI is InChI=1S/C24H27FN2O8/c1-27(2)17-12-7-10-6-11-13(25)8-9(4-3-5-28)18(29)15(11)19(30)14(10)21(32)24(12,35)22(33)16(20(17)31)23(26)34/h8,10,12,17,28-29,31-32,35H,3-7H2,1-2H3,(H2,26,34)/t10-,12-,17-,24-/m0/s1. The average Bonchev–Trinajstić information content (AvgIpc) is 2.77. The number of amides is 1. The number of aliphatic hydroxyl groups is 4. The highest BCUT2D eigenvalue weighted by atomic mass is 19.1. The van der Waals surface area contributed by atoms with E-state index in [1.54, 1.807) is 0 Å². The van der Waals surface area contributed by atoms with Crippen molar-refractivity contribution in [3.05, 3.63) is 51.2 Å². The van der Waals surface area contributed by atoms with Crippen molar-refractivity contribution in [3.63, 3.8) is 0 Å². The molecule has 7 N–H and O–H groups in total. The van der Waals surface area contributed by atoms with Crippen molar-refractivity contribution in [2.75, 3.05) is 20.7 Å². The van der Waals surface area contributed by atoms with E-state index in [2.05, 4.69) is 0 Å². The summed E-state index contributed by atoms with van der Waals surface area (Å²) in [5.74, 6) is -8.50. The van der Waals surface area contributed by atoms with E-state index in [0.29, 0.717) is 0 Å². The number of aromatic hydroxyl groups is 1. The van der Waals surface area contributed by atoms with Gasteiger partial charge in [-0.3, -0.25) is 19.3 Å². The van der Waals surface area contributed by atoms with Gasteiger partial charge < -0.3 is 31.3 Å². The number of nitrogens with zero attached hydrogens (tertiary/aromatic N) is 1. The molecule has 11 heteroatoms. The third kappa shape index (κ3) is 3.37. The Bertz CT molecular complexity index is 1220. The molecule has 1 aromatic carbocycles. The Morgan fingerprint density at radius 3 is 2.49 bits per heavy atom. The molecule has 4 atom stereocenters. The summed E-state index contributed by atoms with van der Waals surface area (Å²) in [5, 5.41) is 53.2. The van der Waals surface area contributed by atoms with Gasteiger partial charge in [0.25, 0.3) is 5.91 Å². The van der Waals surface area contributed by atoms with E-state index in [1.807, 2.05) is 0 Å². The molecule has 0 spiro atoms. The zero-order valence-electron chi connectivity index (χ0n) is 19.2. The minimum absolute atomic E-state index is 0.0617. The number of allylic oxidation sites excluding steroid dienone is 1. The molecule has 0 heterocycles. The molecule has 4 rings (SSSR count). The van der Waals surface area contributed by atoms with Gasteiger partial charge in [-0.25, -0.2) is 4.39 Å². The van der Waals surface area contributed by atoms with E-state index in [-0.39, 0.29) is 54.6 Å². The number of phenolic OH excluding ortho intramolecular Hbond substituents is 1. The number of aryl methyl sites for hydroxylation is 1. The summed E-state index contributed by atoms with van der Waals surface area (Å²) in [5.41, 5.74) is 0.966. The molecule has 0 aliphatic heterocycles. The first-order chi connectivity index (χ1) is 16.4. The van der Waals surface area contributed by atoms with Crippen molar-refractivity contribution < 1.29 is 44.3 Å². The second kappa shape index (κ2) is 8.43. The number of phenols is 1. The van der Waals surface area contributed by atoms with Crippen molar-refractivity contribution in [2.45, 2.75) is 37.3 Å². The smallest absolute Gasteiger partial charge is 0.255 e. The Morgan fingerprint density at radius 1 is 1.26 bits per heavy atom. The summed E-state index contributed by atoms with van der Waals surface area (Å²) in [6, 6.07) is -0.00909. The van der Waals surface area contributed by atoms with Gasteiger partial charge in [-0.2, -0.15) is 0 Å². The van der Waals surface area contributed by atoms with Crippen LogP contribution in [-0.2, 0) is 22.4 Å². The van der Waals surface area contributed by atoms with Crippen molar-refractivity contribution >= 4 is 17.5 Å². The summed E-state index contributed by atoms with van der Waals surface area (Å²) in [6.45, 7) is -0.216. The topological polar surface area (TPSA) is 182 Å². The Hall–Kier alpha value is -3.28. The predicted molar refractivity (Wildman–Crippen MR) is 119 cm³/mol. The maximum atomic E-state index is 15.0. The van der Waals surface area contributed by atoms with Gasteiger partial charge in [-0.05, 0) is 57.3 Å². The van der Waals surface area contributed by atoms with Crippen LogP contribution in [0, 0.1) is 17.7 Å². The number of carbonyl (C=O) groups is 3. The lowest BCUT2D eigenvalue weighted by molar-refractivity contribution is -0.148. The average molecular weight is 490 g/mol. The van der Waals surface area contributed by atoms with Crippen molar-refractivity contribution in [1.29, 1.82) is 0 Å². The maximum absolute atomic E-state index is 15.0. The van der Waals surface area contributed by atoms with E-state index in [1.165, 1.54) is 19.0 Å². The Labute approximate surface area is 199 Å². The zero-order chi connectivity index (χ0) is 26.0. The normalized spacial score (nSPS) is 28.2. The van der Waals surface area contributed by atoms with Gasteiger partial charge >= 0.3 is 0 Å². The number of fused-ring (bicyclic) bond motifs is 3. The van der Waals surface area contributed by atoms with Gasteiger partial charge in [0.05, 0.1) is 11.6 Å². The largest absolute Gasteiger partial charge is 0.510 e. The Balaban J connectivity index is 1.93. The molecule has 3 aliphatic rings. The highest BCUT2D eigenvalue weighted by Gasteiger charge is 2.63. The number of primary amides is 1.